The van der Waals surface area contributed by atoms with Crippen LogP contribution in [-0.4, -0.2) is 47.2 Å². The first kappa shape index (κ1) is 20.4. The van der Waals surface area contributed by atoms with E-state index in [4.69, 9.17) is 4.74 Å². The van der Waals surface area contributed by atoms with Gasteiger partial charge in [-0.25, -0.2) is 4.98 Å². The lowest BCUT2D eigenvalue weighted by Gasteiger charge is -2.32. The number of likely N-dealkylation sites (tertiary alicyclic amines) is 1. The first-order valence-electron chi connectivity index (χ1n) is 10.9. The predicted molar refractivity (Wildman–Crippen MR) is 108 cm³/mol. The van der Waals surface area contributed by atoms with Crippen LogP contribution in [0.2, 0.25) is 0 Å². The van der Waals surface area contributed by atoms with Gasteiger partial charge in [-0.2, -0.15) is 0 Å². The summed E-state index contributed by atoms with van der Waals surface area (Å²) in [5.41, 5.74) is 1.24. The number of amides is 1. The van der Waals surface area contributed by atoms with Gasteiger partial charge in [-0.3, -0.25) is 4.79 Å². The molecule has 1 saturated carbocycles. The number of rotatable bonds is 9. The predicted octanol–water partition coefficient (Wildman–Crippen LogP) is 3.98. The third kappa shape index (κ3) is 5.81. The Kier molecular flexibility index (Phi) is 7.74. The molecule has 0 radical (unpaired) electrons. The zero-order chi connectivity index (χ0) is 19.1. The summed E-state index contributed by atoms with van der Waals surface area (Å²) in [4.78, 5) is 19.3. The molecule has 0 atom stereocenters. The van der Waals surface area contributed by atoms with Crippen LogP contribution in [0.25, 0.3) is 0 Å². The van der Waals surface area contributed by atoms with Gasteiger partial charge in [0.1, 0.15) is 5.82 Å². The highest BCUT2D eigenvalue weighted by Crippen LogP contribution is 2.29. The molecule has 1 saturated heterocycles. The summed E-state index contributed by atoms with van der Waals surface area (Å²) in [6.07, 6.45) is 13.5. The zero-order valence-electron chi connectivity index (χ0n) is 17.3. The second kappa shape index (κ2) is 10.3. The number of piperidine rings is 1. The van der Waals surface area contributed by atoms with Crippen molar-refractivity contribution in [3.63, 3.8) is 0 Å². The highest BCUT2D eigenvalue weighted by Gasteiger charge is 2.25. The van der Waals surface area contributed by atoms with Crippen molar-refractivity contribution in [2.24, 2.45) is 11.8 Å². The minimum Gasteiger partial charge on any atom is -0.385 e. The first-order chi connectivity index (χ1) is 13.2. The average Bonchev–Trinajstić information content (AvgIpc) is 3.32. The van der Waals surface area contributed by atoms with E-state index >= 15 is 0 Å². The average molecular weight is 376 g/mol. The van der Waals surface area contributed by atoms with Crippen molar-refractivity contribution >= 4 is 5.91 Å². The maximum absolute atomic E-state index is 12.5. The number of hydrogen-bond acceptors (Lipinski definition) is 3. The Labute approximate surface area is 164 Å². The number of imidazole rings is 1. The van der Waals surface area contributed by atoms with Gasteiger partial charge < -0.3 is 14.2 Å². The van der Waals surface area contributed by atoms with Gasteiger partial charge >= 0.3 is 0 Å². The fourth-order valence-electron chi connectivity index (χ4n) is 4.78. The van der Waals surface area contributed by atoms with Crippen molar-refractivity contribution in [2.75, 3.05) is 26.8 Å². The lowest BCUT2D eigenvalue weighted by atomic mass is 9.92. The summed E-state index contributed by atoms with van der Waals surface area (Å²) in [5.74, 6) is 3.05. The number of aryl methyl sites for hydroxylation is 1. The minimum atomic E-state index is 0.386. The van der Waals surface area contributed by atoms with E-state index in [-0.39, 0.29) is 0 Å². The number of ether oxygens (including phenoxy) is 1. The molecule has 1 aliphatic carbocycles. The van der Waals surface area contributed by atoms with Crippen LogP contribution in [-0.2, 0) is 22.5 Å². The van der Waals surface area contributed by atoms with Crippen molar-refractivity contribution in [3.05, 3.63) is 17.7 Å². The van der Waals surface area contributed by atoms with E-state index in [1.165, 1.54) is 37.2 Å². The van der Waals surface area contributed by atoms with Crippen molar-refractivity contribution < 1.29 is 9.53 Å². The summed E-state index contributed by atoms with van der Waals surface area (Å²) >= 11 is 0. The third-order valence-corrected chi connectivity index (χ3v) is 6.55. The Hall–Kier alpha value is -1.36. The lowest BCUT2D eigenvalue weighted by Crippen LogP contribution is -2.39. The maximum Gasteiger partial charge on any atom is 0.222 e. The number of hydrogen-bond donors (Lipinski definition) is 0. The lowest BCUT2D eigenvalue weighted by molar-refractivity contribution is -0.132. The van der Waals surface area contributed by atoms with Gasteiger partial charge in [-0.1, -0.05) is 25.7 Å². The largest absolute Gasteiger partial charge is 0.385 e. The highest BCUT2D eigenvalue weighted by molar-refractivity contribution is 5.76. The molecule has 1 aromatic heterocycles. The van der Waals surface area contributed by atoms with Gasteiger partial charge in [0.25, 0.3) is 0 Å². The van der Waals surface area contributed by atoms with Crippen LogP contribution < -0.4 is 0 Å². The Bertz CT molecular complexity index is 584. The molecule has 0 unspecified atom stereocenters. The fraction of sp³-hybridized carbons (Fsp3) is 0.818. The molecule has 1 amide bonds. The Morgan fingerprint density at radius 2 is 1.93 bits per heavy atom. The highest BCUT2D eigenvalue weighted by atomic mass is 16.5. The molecule has 1 aromatic rings. The molecule has 5 nitrogen and oxygen atoms in total. The number of carbonyl (C=O) groups is 1. The van der Waals surface area contributed by atoms with E-state index in [1.807, 2.05) is 6.20 Å². The molecule has 2 heterocycles. The van der Waals surface area contributed by atoms with Gasteiger partial charge in [0.2, 0.25) is 5.91 Å². The van der Waals surface area contributed by atoms with Gasteiger partial charge in [0.15, 0.2) is 0 Å². The molecular formula is C22H37N3O2. The molecule has 1 aliphatic heterocycles. The van der Waals surface area contributed by atoms with Crippen molar-refractivity contribution in [1.82, 2.24) is 14.5 Å². The molecule has 0 N–H and O–H groups in total. The molecule has 0 aromatic carbocycles. The van der Waals surface area contributed by atoms with Gasteiger partial charge in [0, 0.05) is 58.1 Å². The second-order valence-corrected chi connectivity index (χ2v) is 8.53. The number of methoxy groups -OCH3 is 1. The van der Waals surface area contributed by atoms with Crippen molar-refractivity contribution in [2.45, 2.75) is 77.7 Å². The Morgan fingerprint density at radius 1 is 1.19 bits per heavy atom. The summed E-state index contributed by atoms with van der Waals surface area (Å²) in [6.45, 7) is 5.76. The quantitative estimate of drug-likeness (QED) is 0.613. The normalized spacial score (nSPS) is 19.1. The van der Waals surface area contributed by atoms with Gasteiger partial charge in [-0.05, 0) is 44.4 Å². The molecule has 0 spiro atoms. The topological polar surface area (TPSA) is 47.4 Å². The van der Waals surface area contributed by atoms with Crippen LogP contribution in [0.5, 0.6) is 0 Å². The van der Waals surface area contributed by atoms with Crippen molar-refractivity contribution in [1.29, 1.82) is 0 Å². The molecule has 152 valence electrons. The maximum atomic E-state index is 12.5. The molecule has 5 heteroatoms. The van der Waals surface area contributed by atoms with Gasteiger partial charge in [-0.15, -0.1) is 0 Å². The van der Waals surface area contributed by atoms with E-state index in [1.54, 1.807) is 7.11 Å². The fourth-order valence-corrected chi connectivity index (χ4v) is 4.78. The Balaban J connectivity index is 1.42. The van der Waals surface area contributed by atoms with Crippen LogP contribution in [0.4, 0.5) is 0 Å². The van der Waals surface area contributed by atoms with E-state index < -0.39 is 0 Å². The number of nitrogens with zero attached hydrogens (tertiary/aromatic N) is 3. The van der Waals surface area contributed by atoms with E-state index in [9.17, 15) is 4.79 Å². The third-order valence-electron chi connectivity index (χ3n) is 6.55. The van der Waals surface area contributed by atoms with E-state index in [0.717, 1.165) is 70.7 Å². The summed E-state index contributed by atoms with van der Waals surface area (Å²) in [7, 11) is 1.75. The molecule has 0 bridgehead atoms. The minimum absolute atomic E-state index is 0.386. The summed E-state index contributed by atoms with van der Waals surface area (Å²) in [6, 6.07) is 0. The number of carbonyl (C=O) groups excluding carboxylic acids is 1. The molecular weight excluding hydrogens is 338 g/mol. The summed E-state index contributed by atoms with van der Waals surface area (Å²) in [5, 5.41) is 0. The van der Waals surface area contributed by atoms with Crippen LogP contribution in [0.3, 0.4) is 0 Å². The first-order valence-corrected chi connectivity index (χ1v) is 10.9. The Morgan fingerprint density at radius 3 is 2.63 bits per heavy atom. The zero-order valence-corrected chi connectivity index (χ0v) is 17.3. The van der Waals surface area contributed by atoms with Crippen LogP contribution in [0.1, 0.15) is 69.3 Å². The van der Waals surface area contributed by atoms with Crippen LogP contribution >= 0.6 is 0 Å². The van der Waals surface area contributed by atoms with Gasteiger partial charge in [0.05, 0.1) is 0 Å². The SMILES string of the molecule is COCCCn1c(C)cnc1CC1CCN(C(=O)CCC2CCCC2)CC1. The monoisotopic (exact) mass is 375 g/mol. The summed E-state index contributed by atoms with van der Waals surface area (Å²) < 4.78 is 7.53. The standard InChI is InChI=1S/C22H37N3O2/c1-18-17-23-21(25(18)12-5-15-27-2)16-20-10-13-24(14-11-20)22(26)9-8-19-6-3-4-7-19/h17,19-20H,3-16H2,1-2H3. The van der Waals surface area contributed by atoms with Crippen molar-refractivity contribution in [3.8, 4) is 0 Å². The molecule has 2 fully saturated rings. The molecule has 2 aliphatic rings. The molecule has 27 heavy (non-hydrogen) atoms. The van der Waals surface area contributed by atoms with E-state index in [2.05, 4.69) is 21.4 Å². The number of aromatic nitrogens is 2. The van der Waals surface area contributed by atoms with E-state index in [0.29, 0.717) is 11.8 Å². The van der Waals surface area contributed by atoms with Crippen LogP contribution in [0.15, 0.2) is 6.20 Å². The smallest absolute Gasteiger partial charge is 0.222 e. The van der Waals surface area contributed by atoms with Crippen LogP contribution in [0, 0.1) is 18.8 Å². The second-order valence-electron chi connectivity index (χ2n) is 8.53. The molecule has 3 rings (SSSR count).